The van der Waals surface area contributed by atoms with E-state index < -0.39 is 34.8 Å². The van der Waals surface area contributed by atoms with E-state index in [1.54, 1.807) is 13.0 Å². The number of hydrogen-bond donors (Lipinski definition) is 1. The first kappa shape index (κ1) is 17.6. The second-order valence-corrected chi connectivity index (χ2v) is 5.44. The molecule has 0 fully saturated rings. The molecule has 0 spiro atoms. The Morgan fingerprint density at radius 3 is 2.46 bits per heavy atom. The van der Waals surface area contributed by atoms with E-state index in [4.69, 9.17) is 0 Å². The van der Waals surface area contributed by atoms with E-state index in [9.17, 15) is 22.4 Å². The summed E-state index contributed by atoms with van der Waals surface area (Å²) in [5, 5.41) is 5.85. The highest BCUT2D eigenvalue weighted by atomic mass is 19.4. The van der Waals surface area contributed by atoms with Crippen LogP contribution < -0.4 is 5.32 Å². The van der Waals surface area contributed by atoms with Gasteiger partial charge in [-0.1, -0.05) is 18.2 Å². The van der Waals surface area contributed by atoms with Crippen molar-refractivity contribution >= 4 is 11.7 Å². The van der Waals surface area contributed by atoms with E-state index in [0.717, 1.165) is 23.9 Å². The third kappa shape index (κ3) is 3.41. The Bertz CT molecular complexity index is 948. The molecule has 0 aliphatic carbocycles. The van der Waals surface area contributed by atoms with E-state index >= 15 is 0 Å². The Morgan fingerprint density at radius 1 is 1.12 bits per heavy atom. The second kappa shape index (κ2) is 6.58. The quantitative estimate of drug-likeness (QED) is 0.715. The summed E-state index contributed by atoms with van der Waals surface area (Å²) in [5.41, 5.74) is -1.69. The van der Waals surface area contributed by atoms with Crippen molar-refractivity contribution in [3.8, 4) is 5.69 Å². The topological polar surface area (TPSA) is 59.8 Å². The van der Waals surface area contributed by atoms with Crippen LogP contribution in [0.25, 0.3) is 5.69 Å². The van der Waals surface area contributed by atoms with E-state index in [1.807, 2.05) is 0 Å². The molecule has 0 saturated carbocycles. The van der Waals surface area contributed by atoms with Crippen LogP contribution >= 0.6 is 0 Å². The molecule has 0 aliphatic heterocycles. The number of carbonyl (C=O) groups excluding carboxylic acids is 1. The van der Waals surface area contributed by atoms with Gasteiger partial charge >= 0.3 is 6.18 Å². The number of benzene rings is 1. The largest absolute Gasteiger partial charge is 0.434 e. The zero-order valence-corrected chi connectivity index (χ0v) is 13.4. The summed E-state index contributed by atoms with van der Waals surface area (Å²) in [7, 11) is 0. The van der Waals surface area contributed by atoms with Gasteiger partial charge in [-0.15, -0.1) is 0 Å². The summed E-state index contributed by atoms with van der Waals surface area (Å²) in [5.74, 6) is -1.85. The molecule has 2 aromatic heterocycles. The maximum atomic E-state index is 13.9. The number of anilines is 1. The number of carbonyl (C=O) groups is 1. The van der Waals surface area contributed by atoms with Gasteiger partial charge in [0.2, 0.25) is 0 Å². The maximum absolute atomic E-state index is 13.9. The van der Waals surface area contributed by atoms with Crippen LogP contribution in [0.1, 0.15) is 21.6 Å². The minimum atomic E-state index is -4.92. The van der Waals surface area contributed by atoms with Gasteiger partial charge in [-0.3, -0.25) is 4.79 Å². The molecule has 9 heteroatoms. The minimum absolute atomic E-state index is 0.0902. The average molecular weight is 364 g/mol. The second-order valence-electron chi connectivity index (χ2n) is 5.44. The lowest BCUT2D eigenvalue weighted by atomic mass is 10.2. The van der Waals surface area contributed by atoms with Gasteiger partial charge in [-0.2, -0.15) is 18.3 Å². The van der Waals surface area contributed by atoms with E-state index in [-0.39, 0.29) is 5.82 Å². The monoisotopic (exact) mass is 364 g/mol. The predicted octanol–water partition coefficient (Wildman–Crippen LogP) is 3.99. The van der Waals surface area contributed by atoms with Gasteiger partial charge in [0.25, 0.3) is 5.91 Å². The molecule has 0 radical (unpaired) electrons. The van der Waals surface area contributed by atoms with E-state index in [0.29, 0.717) is 4.68 Å². The summed E-state index contributed by atoms with van der Waals surface area (Å²) in [6, 6.07) is 7.97. The Kier molecular flexibility index (Phi) is 4.45. The van der Waals surface area contributed by atoms with Crippen molar-refractivity contribution in [2.75, 3.05) is 5.32 Å². The molecule has 2 heterocycles. The number of nitrogens with one attached hydrogen (secondary N) is 1. The summed E-state index contributed by atoms with van der Waals surface area (Å²) >= 11 is 0. The molecule has 0 saturated heterocycles. The Balaban J connectivity index is 2.04. The molecule has 1 amide bonds. The summed E-state index contributed by atoms with van der Waals surface area (Å²) < 4.78 is 54.9. The number of aryl methyl sites for hydroxylation is 1. The first-order valence-corrected chi connectivity index (χ1v) is 7.41. The van der Waals surface area contributed by atoms with Crippen LogP contribution in [0.2, 0.25) is 0 Å². The summed E-state index contributed by atoms with van der Waals surface area (Å²) in [6.07, 6.45) is -2.71. The Labute approximate surface area is 145 Å². The lowest BCUT2D eigenvalue weighted by Gasteiger charge is -2.13. The van der Waals surface area contributed by atoms with Crippen LogP contribution in [0.5, 0.6) is 0 Å². The number of rotatable bonds is 3. The van der Waals surface area contributed by atoms with Crippen molar-refractivity contribution in [3.05, 3.63) is 71.4 Å². The van der Waals surface area contributed by atoms with Crippen LogP contribution in [-0.4, -0.2) is 20.7 Å². The third-order valence-electron chi connectivity index (χ3n) is 3.52. The average Bonchev–Trinajstić information content (AvgIpc) is 3.02. The maximum Gasteiger partial charge on any atom is 0.434 e. The molecule has 1 aromatic carbocycles. The van der Waals surface area contributed by atoms with E-state index in [2.05, 4.69) is 15.4 Å². The van der Waals surface area contributed by atoms with Crippen LogP contribution in [0.4, 0.5) is 23.4 Å². The van der Waals surface area contributed by atoms with Crippen molar-refractivity contribution in [3.63, 3.8) is 0 Å². The normalized spacial score (nSPS) is 11.4. The molecule has 134 valence electrons. The molecule has 0 unspecified atom stereocenters. The molecule has 3 aromatic rings. The number of aromatic nitrogens is 3. The fourth-order valence-corrected chi connectivity index (χ4v) is 2.32. The van der Waals surface area contributed by atoms with Gasteiger partial charge in [0.05, 0.1) is 11.8 Å². The van der Waals surface area contributed by atoms with Gasteiger partial charge < -0.3 is 5.32 Å². The van der Waals surface area contributed by atoms with Crippen molar-refractivity contribution in [1.82, 2.24) is 14.8 Å². The first-order chi connectivity index (χ1) is 12.3. The van der Waals surface area contributed by atoms with Gasteiger partial charge in [0, 0.05) is 6.20 Å². The molecule has 0 atom stereocenters. The predicted molar refractivity (Wildman–Crippen MR) is 85.5 cm³/mol. The first-order valence-electron chi connectivity index (χ1n) is 7.41. The number of para-hydroxylation sites is 1. The highest BCUT2D eigenvalue weighted by molar-refractivity contribution is 6.04. The van der Waals surface area contributed by atoms with Gasteiger partial charge in [-0.05, 0) is 30.7 Å². The fraction of sp³-hybridized carbons (Fsp3) is 0.118. The van der Waals surface area contributed by atoms with Crippen LogP contribution in [0, 0.1) is 12.7 Å². The SMILES string of the molecule is Cc1ccc(NC(=O)c2cnn(-c3ccccc3F)c2C(F)(F)F)nc1. The molecule has 3 rings (SSSR count). The molecular formula is C17H12F4N4O. The number of pyridine rings is 1. The molecule has 0 bridgehead atoms. The highest BCUT2D eigenvalue weighted by Crippen LogP contribution is 2.34. The summed E-state index contributed by atoms with van der Waals surface area (Å²) in [4.78, 5) is 16.2. The number of halogens is 4. The number of alkyl halides is 3. The molecule has 1 N–H and O–H groups in total. The minimum Gasteiger partial charge on any atom is -0.306 e. The molecule has 26 heavy (non-hydrogen) atoms. The van der Waals surface area contributed by atoms with Crippen LogP contribution in [0.3, 0.4) is 0 Å². The zero-order valence-electron chi connectivity index (χ0n) is 13.4. The van der Waals surface area contributed by atoms with Gasteiger partial charge in [-0.25, -0.2) is 14.1 Å². The number of hydrogen-bond acceptors (Lipinski definition) is 3. The van der Waals surface area contributed by atoms with Crippen LogP contribution in [-0.2, 0) is 6.18 Å². The fourth-order valence-electron chi connectivity index (χ4n) is 2.32. The van der Waals surface area contributed by atoms with E-state index in [1.165, 1.54) is 24.4 Å². The van der Waals surface area contributed by atoms with Gasteiger partial charge in [0.15, 0.2) is 5.69 Å². The molecule has 5 nitrogen and oxygen atoms in total. The summed E-state index contributed by atoms with van der Waals surface area (Å²) in [6.45, 7) is 1.78. The van der Waals surface area contributed by atoms with Crippen molar-refractivity contribution < 1.29 is 22.4 Å². The van der Waals surface area contributed by atoms with Crippen LogP contribution in [0.15, 0.2) is 48.8 Å². The Hall–Kier alpha value is -3.23. The lowest BCUT2D eigenvalue weighted by Crippen LogP contribution is -2.21. The molecule has 0 aliphatic rings. The Morgan fingerprint density at radius 2 is 1.85 bits per heavy atom. The van der Waals surface area contributed by atoms with Crippen molar-refractivity contribution in [1.29, 1.82) is 0 Å². The van der Waals surface area contributed by atoms with Crippen molar-refractivity contribution in [2.24, 2.45) is 0 Å². The van der Waals surface area contributed by atoms with Gasteiger partial charge in [0.1, 0.15) is 17.3 Å². The molecular weight excluding hydrogens is 352 g/mol. The number of amides is 1. The third-order valence-corrected chi connectivity index (χ3v) is 3.52. The smallest absolute Gasteiger partial charge is 0.306 e. The standard InChI is InChI=1S/C17H12F4N4O/c1-10-6-7-14(22-8-10)24-16(26)11-9-23-25(15(11)17(19,20)21)13-5-3-2-4-12(13)18/h2-9H,1H3,(H,22,24,26). The van der Waals surface area contributed by atoms with Crippen molar-refractivity contribution in [2.45, 2.75) is 13.1 Å². The zero-order chi connectivity index (χ0) is 18.9. The number of nitrogens with zero attached hydrogens (tertiary/aromatic N) is 3. The highest BCUT2D eigenvalue weighted by Gasteiger charge is 2.41. The lowest BCUT2D eigenvalue weighted by molar-refractivity contribution is -0.143.